The highest BCUT2D eigenvalue weighted by Gasteiger charge is 2.52. The van der Waals surface area contributed by atoms with Crippen molar-refractivity contribution in [3.8, 4) is 0 Å². The lowest BCUT2D eigenvalue weighted by Gasteiger charge is -1.98. The number of benzene rings is 1. The average Bonchev–Trinajstić information content (AvgIpc) is 2.79. The number of carboxylic acid groups (broad SMARTS) is 1. The monoisotopic (exact) mass is 210 g/mol. The summed E-state index contributed by atoms with van der Waals surface area (Å²) in [6.07, 6.45) is 0. The van der Waals surface area contributed by atoms with Crippen LogP contribution in [0.5, 0.6) is 0 Å². The van der Waals surface area contributed by atoms with Gasteiger partial charge in [-0.05, 0) is 23.6 Å². The molecule has 1 aromatic carbocycles. The van der Waals surface area contributed by atoms with Gasteiger partial charge in [0.2, 0.25) is 0 Å². The van der Waals surface area contributed by atoms with Crippen molar-refractivity contribution in [2.24, 2.45) is 11.8 Å². The van der Waals surface area contributed by atoms with E-state index in [9.17, 15) is 4.79 Å². The third-order valence-corrected chi connectivity index (χ3v) is 3.17. The van der Waals surface area contributed by atoms with Gasteiger partial charge >= 0.3 is 5.97 Å². The van der Waals surface area contributed by atoms with Gasteiger partial charge in [0, 0.05) is 10.9 Å². The lowest BCUT2D eigenvalue weighted by Crippen LogP contribution is -1.99. The fraction of sp³-hybridized carbons (Fsp3) is 0.364. The van der Waals surface area contributed by atoms with Crippen LogP contribution in [0, 0.1) is 11.8 Å². The van der Waals surface area contributed by atoms with Crippen LogP contribution in [0.25, 0.3) is 0 Å². The Balaban J connectivity index is 2.19. The fourth-order valence-electron chi connectivity index (χ4n) is 2.04. The smallest absolute Gasteiger partial charge is 0.307 e. The zero-order valence-electron chi connectivity index (χ0n) is 7.77. The summed E-state index contributed by atoms with van der Waals surface area (Å²) in [6, 6.07) is 7.43. The van der Waals surface area contributed by atoms with Crippen molar-refractivity contribution >= 4 is 17.6 Å². The molecular formula is C11H11ClO2. The number of carbonyl (C=O) groups is 1. The molecule has 1 aromatic rings. The van der Waals surface area contributed by atoms with E-state index in [1.165, 1.54) is 0 Å². The predicted molar refractivity (Wildman–Crippen MR) is 54.5 cm³/mol. The number of hydrogen-bond donors (Lipinski definition) is 1. The Labute approximate surface area is 87.5 Å². The molecule has 1 fully saturated rings. The first-order valence-corrected chi connectivity index (χ1v) is 4.97. The summed E-state index contributed by atoms with van der Waals surface area (Å²) < 4.78 is 0. The molecule has 0 saturated heterocycles. The van der Waals surface area contributed by atoms with E-state index >= 15 is 0 Å². The Morgan fingerprint density at radius 3 is 2.36 bits per heavy atom. The molecule has 2 rings (SSSR count). The second-order valence-electron chi connectivity index (χ2n) is 3.80. The normalized spacial score (nSPS) is 30.0. The van der Waals surface area contributed by atoms with E-state index in [2.05, 4.69) is 0 Å². The largest absolute Gasteiger partial charge is 0.481 e. The summed E-state index contributed by atoms with van der Waals surface area (Å²) in [4.78, 5) is 10.8. The highest BCUT2D eigenvalue weighted by atomic mass is 35.5. The molecule has 0 radical (unpaired) electrons. The first-order chi connectivity index (χ1) is 6.61. The quantitative estimate of drug-likeness (QED) is 0.815. The first-order valence-electron chi connectivity index (χ1n) is 4.59. The molecule has 0 spiro atoms. The van der Waals surface area contributed by atoms with E-state index in [1.54, 1.807) is 12.1 Å². The molecule has 2 nitrogen and oxygen atoms in total. The molecule has 1 saturated carbocycles. The Hall–Kier alpha value is -1.02. The lowest BCUT2D eigenvalue weighted by molar-refractivity contribution is -0.138. The fourth-order valence-corrected chi connectivity index (χ4v) is 2.16. The van der Waals surface area contributed by atoms with Gasteiger partial charge in [-0.1, -0.05) is 30.7 Å². The van der Waals surface area contributed by atoms with E-state index in [-0.39, 0.29) is 17.8 Å². The molecular weight excluding hydrogens is 200 g/mol. The molecule has 3 unspecified atom stereocenters. The van der Waals surface area contributed by atoms with Gasteiger partial charge in [0.15, 0.2) is 0 Å². The van der Waals surface area contributed by atoms with Crippen LogP contribution in [0.4, 0.5) is 0 Å². The molecule has 0 aliphatic heterocycles. The summed E-state index contributed by atoms with van der Waals surface area (Å²) in [5.41, 5.74) is 1.08. The molecule has 1 N–H and O–H groups in total. The third-order valence-electron chi connectivity index (χ3n) is 2.92. The lowest BCUT2D eigenvalue weighted by atomic mass is 10.1. The van der Waals surface area contributed by atoms with E-state index < -0.39 is 5.97 Å². The number of aliphatic carboxylic acids is 1. The number of carboxylic acids is 1. The minimum atomic E-state index is -0.697. The second kappa shape index (κ2) is 3.28. The number of rotatable bonds is 2. The molecule has 0 amide bonds. The zero-order valence-corrected chi connectivity index (χ0v) is 8.53. The predicted octanol–water partition coefficient (Wildman–Crippen LogP) is 2.77. The number of hydrogen-bond acceptors (Lipinski definition) is 1. The molecule has 0 aromatic heterocycles. The van der Waals surface area contributed by atoms with Crippen molar-refractivity contribution in [3.63, 3.8) is 0 Å². The molecule has 14 heavy (non-hydrogen) atoms. The van der Waals surface area contributed by atoms with Crippen LogP contribution in [-0.4, -0.2) is 11.1 Å². The van der Waals surface area contributed by atoms with Crippen LogP contribution in [-0.2, 0) is 4.79 Å². The highest BCUT2D eigenvalue weighted by Crippen LogP contribution is 2.53. The minimum absolute atomic E-state index is 0.171. The van der Waals surface area contributed by atoms with E-state index in [0.29, 0.717) is 5.02 Å². The molecule has 1 aliphatic carbocycles. The summed E-state index contributed by atoms with van der Waals surface area (Å²) in [5.74, 6) is -0.493. The van der Waals surface area contributed by atoms with Crippen LogP contribution in [0.1, 0.15) is 18.4 Å². The average molecular weight is 211 g/mol. The Kier molecular flexibility index (Phi) is 2.23. The van der Waals surface area contributed by atoms with Gasteiger partial charge < -0.3 is 5.11 Å². The van der Waals surface area contributed by atoms with Crippen LogP contribution in [0.3, 0.4) is 0 Å². The van der Waals surface area contributed by atoms with Gasteiger partial charge in [-0.2, -0.15) is 0 Å². The molecule has 0 heterocycles. The minimum Gasteiger partial charge on any atom is -0.481 e. The van der Waals surface area contributed by atoms with Crippen molar-refractivity contribution in [2.45, 2.75) is 12.8 Å². The number of halogens is 1. The highest BCUT2D eigenvalue weighted by molar-refractivity contribution is 6.30. The van der Waals surface area contributed by atoms with Crippen LogP contribution in [0.15, 0.2) is 24.3 Å². The van der Waals surface area contributed by atoms with E-state index in [0.717, 1.165) is 5.56 Å². The Morgan fingerprint density at radius 1 is 1.36 bits per heavy atom. The summed E-state index contributed by atoms with van der Waals surface area (Å²) in [7, 11) is 0. The maximum Gasteiger partial charge on any atom is 0.307 e. The summed E-state index contributed by atoms with van der Waals surface area (Å²) >= 11 is 5.76. The van der Waals surface area contributed by atoms with Crippen molar-refractivity contribution in [1.82, 2.24) is 0 Å². The van der Waals surface area contributed by atoms with E-state index in [4.69, 9.17) is 16.7 Å². The SMILES string of the molecule is CC1C(C(=O)O)C1c1ccc(Cl)cc1. The maximum absolute atomic E-state index is 10.8. The standard InChI is InChI=1S/C11H11ClO2/c1-6-9(10(6)11(13)14)7-2-4-8(12)5-3-7/h2-6,9-10H,1H3,(H,13,14). The van der Waals surface area contributed by atoms with Gasteiger partial charge in [0.1, 0.15) is 0 Å². The van der Waals surface area contributed by atoms with Crippen molar-refractivity contribution in [2.75, 3.05) is 0 Å². The molecule has 3 heteroatoms. The van der Waals surface area contributed by atoms with Crippen LogP contribution >= 0.6 is 11.6 Å². The maximum atomic E-state index is 10.8. The topological polar surface area (TPSA) is 37.3 Å². The Bertz CT molecular complexity index is 358. The molecule has 1 aliphatic rings. The zero-order chi connectivity index (χ0) is 10.3. The van der Waals surface area contributed by atoms with Gasteiger partial charge in [0.05, 0.1) is 5.92 Å². The first kappa shape index (κ1) is 9.53. The van der Waals surface area contributed by atoms with Crippen molar-refractivity contribution < 1.29 is 9.90 Å². The van der Waals surface area contributed by atoms with E-state index in [1.807, 2.05) is 19.1 Å². The molecule has 3 atom stereocenters. The second-order valence-corrected chi connectivity index (χ2v) is 4.24. The molecule has 74 valence electrons. The summed E-state index contributed by atoms with van der Waals surface area (Å²) in [5, 5.41) is 9.57. The van der Waals surface area contributed by atoms with Gasteiger partial charge in [-0.25, -0.2) is 0 Å². The van der Waals surface area contributed by atoms with Gasteiger partial charge in [-0.15, -0.1) is 0 Å². The van der Waals surface area contributed by atoms with Crippen LogP contribution in [0.2, 0.25) is 5.02 Å². The van der Waals surface area contributed by atoms with Gasteiger partial charge in [-0.3, -0.25) is 4.79 Å². The van der Waals surface area contributed by atoms with Crippen molar-refractivity contribution in [1.29, 1.82) is 0 Å². The summed E-state index contributed by atoms with van der Waals surface area (Å²) in [6.45, 7) is 1.97. The van der Waals surface area contributed by atoms with Gasteiger partial charge in [0.25, 0.3) is 0 Å². The Morgan fingerprint density at radius 2 is 1.93 bits per heavy atom. The van der Waals surface area contributed by atoms with Crippen molar-refractivity contribution in [3.05, 3.63) is 34.9 Å². The molecule has 0 bridgehead atoms. The van der Waals surface area contributed by atoms with Crippen LogP contribution < -0.4 is 0 Å². The third kappa shape index (κ3) is 1.50.